The lowest BCUT2D eigenvalue weighted by atomic mass is 10.1. The fraction of sp³-hybridized carbons (Fsp3) is 0.0833. The van der Waals surface area contributed by atoms with E-state index >= 15 is 0 Å². The maximum Gasteiger partial charge on any atom is 0.293 e. The standard InChI is InChI=1S/C24H18BrN3O4/c1-16-7-9-21(22(11-16)28(30)31)27-24(29)19(14-26)12-18-8-10-23(20(25)13-18)32-15-17-5-3-2-4-6-17/h2-13H,15H2,1H3,(H,27,29)/b19-12+. The topological polar surface area (TPSA) is 105 Å². The summed E-state index contributed by atoms with van der Waals surface area (Å²) in [4.78, 5) is 23.2. The van der Waals surface area contributed by atoms with Gasteiger partial charge in [-0.05, 0) is 63.8 Å². The number of nitro benzene ring substituents is 1. The zero-order chi connectivity index (χ0) is 23.1. The van der Waals surface area contributed by atoms with Crippen molar-refractivity contribution in [3.05, 3.63) is 104 Å². The third kappa shape index (κ3) is 5.80. The molecule has 0 aliphatic heterocycles. The summed E-state index contributed by atoms with van der Waals surface area (Å²) in [6, 6.07) is 21.2. The molecule has 3 aromatic rings. The van der Waals surface area contributed by atoms with Gasteiger partial charge in [0, 0.05) is 6.07 Å². The van der Waals surface area contributed by atoms with E-state index in [1.165, 1.54) is 18.2 Å². The second-order valence-corrected chi connectivity index (χ2v) is 7.72. The van der Waals surface area contributed by atoms with Gasteiger partial charge in [-0.25, -0.2) is 0 Å². The average Bonchev–Trinajstić information content (AvgIpc) is 2.78. The molecule has 1 amide bonds. The van der Waals surface area contributed by atoms with Crippen LogP contribution in [0, 0.1) is 28.4 Å². The Balaban J connectivity index is 1.76. The third-order valence-corrected chi connectivity index (χ3v) is 5.09. The lowest BCUT2D eigenvalue weighted by molar-refractivity contribution is -0.384. The van der Waals surface area contributed by atoms with E-state index in [2.05, 4.69) is 21.2 Å². The van der Waals surface area contributed by atoms with Gasteiger partial charge in [0.2, 0.25) is 0 Å². The summed E-state index contributed by atoms with van der Waals surface area (Å²) < 4.78 is 6.47. The molecule has 0 bridgehead atoms. The van der Waals surface area contributed by atoms with Crippen LogP contribution < -0.4 is 10.1 Å². The minimum absolute atomic E-state index is 0.0255. The summed E-state index contributed by atoms with van der Waals surface area (Å²) in [5, 5.41) is 23.1. The van der Waals surface area contributed by atoms with Crippen LogP contribution in [-0.4, -0.2) is 10.8 Å². The van der Waals surface area contributed by atoms with Gasteiger partial charge in [-0.3, -0.25) is 14.9 Å². The van der Waals surface area contributed by atoms with Gasteiger partial charge >= 0.3 is 0 Å². The number of anilines is 1. The van der Waals surface area contributed by atoms with Gasteiger partial charge in [0.05, 0.1) is 9.40 Å². The van der Waals surface area contributed by atoms with E-state index < -0.39 is 10.8 Å². The van der Waals surface area contributed by atoms with Gasteiger partial charge in [0.15, 0.2) is 0 Å². The molecule has 0 aliphatic rings. The van der Waals surface area contributed by atoms with E-state index in [9.17, 15) is 20.2 Å². The van der Waals surface area contributed by atoms with Crippen LogP contribution >= 0.6 is 15.9 Å². The van der Waals surface area contributed by atoms with E-state index in [0.29, 0.717) is 28.0 Å². The summed E-state index contributed by atoms with van der Waals surface area (Å²) in [7, 11) is 0. The van der Waals surface area contributed by atoms with Gasteiger partial charge in [0.1, 0.15) is 29.7 Å². The van der Waals surface area contributed by atoms with Gasteiger partial charge in [-0.2, -0.15) is 5.26 Å². The molecule has 8 heteroatoms. The number of nitriles is 1. The predicted molar refractivity (Wildman–Crippen MR) is 125 cm³/mol. The third-order valence-electron chi connectivity index (χ3n) is 4.47. The molecule has 0 fully saturated rings. The first-order chi connectivity index (χ1) is 15.4. The Morgan fingerprint density at radius 2 is 1.94 bits per heavy atom. The Kier molecular flexibility index (Phi) is 7.37. The SMILES string of the molecule is Cc1ccc(NC(=O)/C(C#N)=C/c2ccc(OCc3ccccc3)c(Br)c2)c([N+](=O)[O-])c1. The van der Waals surface area contributed by atoms with Crippen LogP contribution in [0.1, 0.15) is 16.7 Å². The highest BCUT2D eigenvalue weighted by Crippen LogP contribution is 2.29. The fourth-order valence-corrected chi connectivity index (χ4v) is 3.37. The Hall–Kier alpha value is -3.96. The molecular weight excluding hydrogens is 474 g/mol. The number of hydrogen-bond acceptors (Lipinski definition) is 5. The van der Waals surface area contributed by atoms with Crippen molar-refractivity contribution < 1.29 is 14.5 Å². The molecule has 0 aromatic heterocycles. The normalized spacial score (nSPS) is 10.8. The van der Waals surface area contributed by atoms with Gasteiger partial charge < -0.3 is 10.1 Å². The van der Waals surface area contributed by atoms with Crippen LogP contribution in [0.15, 0.2) is 76.8 Å². The molecule has 0 saturated carbocycles. The smallest absolute Gasteiger partial charge is 0.293 e. The van der Waals surface area contributed by atoms with E-state index in [0.717, 1.165) is 5.56 Å². The lowest BCUT2D eigenvalue weighted by Crippen LogP contribution is -2.14. The fourth-order valence-electron chi connectivity index (χ4n) is 2.86. The maximum atomic E-state index is 12.6. The maximum absolute atomic E-state index is 12.6. The number of rotatable bonds is 7. The molecule has 1 N–H and O–H groups in total. The van der Waals surface area contributed by atoms with Gasteiger partial charge in [-0.15, -0.1) is 0 Å². The number of nitro groups is 1. The first-order valence-electron chi connectivity index (χ1n) is 9.52. The van der Waals surface area contributed by atoms with E-state index in [1.807, 2.05) is 36.4 Å². The number of benzene rings is 3. The number of carbonyl (C=O) groups excluding carboxylic acids is 1. The number of carbonyl (C=O) groups is 1. The van der Waals surface area contributed by atoms with Crippen molar-refractivity contribution in [3.8, 4) is 11.8 Å². The average molecular weight is 492 g/mol. The predicted octanol–water partition coefficient (Wildman–Crippen LogP) is 5.79. The molecule has 3 rings (SSSR count). The molecule has 0 aliphatic carbocycles. The molecule has 0 unspecified atom stereocenters. The van der Waals surface area contributed by atoms with Crippen molar-refractivity contribution >= 4 is 39.3 Å². The molecule has 3 aromatic carbocycles. The first-order valence-corrected chi connectivity index (χ1v) is 10.3. The molecule has 0 heterocycles. The Labute approximate surface area is 193 Å². The molecule has 0 atom stereocenters. The number of amides is 1. The summed E-state index contributed by atoms with van der Waals surface area (Å²) >= 11 is 3.44. The molecule has 0 radical (unpaired) electrons. The summed E-state index contributed by atoms with van der Waals surface area (Å²) in [6.07, 6.45) is 1.40. The van der Waals surface area contributed by atoms with Crippen molar-refractivity contribution in [1.29, 1.82) is 5.26 Å². The van der Waals surface area contributed by atoms with E-state index in [4.69, 9.17) is 4.74 Å². The highest BCUT2D eigenvalue weighted by Gasteiger charge is 2.18. The zero-order valence-corrected chi connectivity index (χ0v) is 18.6. The van der Waals surface area contributed by atoms with Crippen molar-refractivity contribution in [2.75, 3.05) is 5.32 Å². The van der Waals surface area contributed by atoms with Crippen LogP contribution in [0.5, 0.6) is 5.75 Å². The van der Waals surface area contributed by atoms with Crippen LogP contribution in [0.4, 0.5) is 11.4 Å². The van der Waals surface area contributed by atoms with Crippen molar-refractivity contribution in [3.63, 3.8) is 0 Å². The highest BCUT2D eigenvalue weighted by molar-refractivity contribution is 9.10. The number of aryl methyl sites for hydroxylation is 1. The zero-order valence-electron chi connectivity index (χ0n) is 17.0. The van der Waals surface area contributed by atoms with Gasteiger partial charge in [-0.1, -0.05) is 42.5 Å². The van der Waals surface area contributed by atoms with Crippen LogP contribution in [0.25, 0.3) is 6.08 Å². The molecule has 0 spiro atoms. The quantitative estimate of drug-likeness (QED) is 0.195. The number of hydrogen-bond donors (Lipinski definition) is 1. The highest BCUT2D eigenvalue weighted by atomic mass is 79.9. The summed E-state index contributed by atoms with van der Waals surface area (Å²) in [6.45, 7) is 2.11. The Bertz CT molecular complexity index is 1230. The molecule has 7 nitrogen and oxygen atoms in total. The Morgan fingerprint density at radius 1 is 1.19 bits per heavy atom. The number of nitrogens with one attached hydrogen (secondary N) is 1. The number of halogens is 1. The summed E-state index contributed by atoms with van der Waals surface area (Å²) in [5.74, 6) is -0.121. The molecular formula is C24H18BrN3O4. The number of nitrogens with zero attached hydrogens (tertiary/aromatic N) is 2. The van der Waals surface area contributed by atoms with Crippen molar-refractivity contribution in [2.24, 2.45) is 0 Å². The van der Waals surface area contributed by atoms with Gasteiger partial charge in [0.25, 0.3) is 11.6 Å². The van der Waals surface area contributed by atoms with Crippen molar-refractivity contribution in [1.82, 2.24) is 0 Å². The minimum Gasteiger partial charge on any atom is -0.488 e. The van der Waals surface area contributed by atoms with Crippen molar-refractivity contribution in [2.45, 2.75) is 13.5 Å². The van der Waals surface area contributed by atoms with Crippen LogP contribution in [0.3, 0.4) is 0 Å². The van der Waals surface area contributed by atoms with E-state index in [1.54, 1.807) is 31.2 Å². The number of ether oxygens (including phenoxy) is 1. The van der Waals surface area contributed by atoms with E-state index in [-0.39, 0.29) is 16.9 Å². The van der Waals surface area contributed by atoms with Crippen LogP contribution in [-0.2, 0) is 11.4 Å². The lowest BCUT2D eigenvalue weighted by Gasteiger charge is -2.09. The monoisotopic (exact) mass is 491 g/mol. The summed E-state index contributed by atoms with van der Waals surface area (Å²) in [5.41, 5.74) is 1.90. The first kappa shape index (κ1) is 22.7. The second-order valence-electron chi connectivity index (χ2n) is 6.87. The molecule has 32 heavy (non-hydrogen) atoms. The van der Waals surface area contributed by atoms with Crippen LogP contribution in [0.2, 0.25) is 0 Å². The second kappa shape index (κ2) is 10.4. The molecule has 0 saturated heterocycles. The largest absolute Gasteiger partial charge is 0.488 e. The molecule has 160 valence electrons. The minimum atomic E-state index is -0.736. The Morgan fingerprint density at radius 3 is 2.59 bits per heavy atom.